The first-order valence-corrected chi connectivity index (χ1v) is 36.8. The van der Waals surface area contributed by atoms with Crippen molar-refractivity contribution in [2.24, 2.45) is 0 Å². The molecule has 0 saturated heterocycles. The Hall–Kier alpha value is -2.11. The maximum absolute atomic E-state index is 12.9. The van der Waals surface area contributed by atoms with E-state index in [-0.39, 0.29) is 31.1 Å². The molecule has 1 atom stereocenters. The van der Waals surface area contributed by atoms with Gasteiger partial charge in [-0.1, -0.05) is 360 Å². The zero-order chi connectivity index (χ0) is 58.5. The summed E-state index contributed by atoms with van der Waals surface area (Å²) >= 11 is 0. The lowest BCUT2D eigenvalue weighted by atomic mass is 10.0. The molecule has 0 amide bonds. The molecule has 0 heterocycles. The summed E-state index contributed by atoms with van der Waals surface area (Å²) < 4.78 is 17.0. The maximum Gasteiger partial charge on any atom is 0.306 e. The summed E-state index contributed by atoms with van der Waals surface area (Å²) in [7, 11) is 0. The van der Waals surface area contributed by atoms with Gasteiger partial charge in [0.25, 0.3) is 0 Å². The third kappa shape index (κ3) is 68.6. The zero-order valence-electron chi connectivity index (χ0n) is 55.1. The highest BCUT2D eigenvalue weighted by molar-refractivity contribution is 5.71. The Labute approximate surface area is 506 Å². The standard InChI is InChI=1S/C75H142O6/c1-4-7-10-13-16-19-22-24-26-28-30-32-34-36-37-38-39-40-42-43-45-47-49-51-53-56-59-62-65-68-74(77)80-71-72(70-79-73(76)67-64-61-58-55-21-18-15-12-9-6-3)81-75(78)69-66-63-60-57-54-52-50-48-46-44-41-35-33-31-29-27-25-23-20-17-14-11-8-5-2/h12,15,28,30,72H,4-11,13-14,16-27,29,31-71H2,1-3H3/b15-12-,30-28-. The third-order valence-corrected chi connectivity index (χ3v) is 16.9. The summed E-state index contributed by atoms with van der Waals surface area (Å²) in [5, 5.41) is 0. The Bertz CT molecular complexity index is 1310. The molecule has 1 unspecified atom stereocenters. The van der Waals surface area contributed by atoms with Crippen LogP contribution in [0.5, 0.6) is 0 Å². The number of esters is 3. The number of allylic oxidation sites excluding steroid dienone is 4. The van der Waals surface area contributed by atoms with Crippen molar-refractivity contribution in [1.29, 1.82) is 0 Å². The van der Waals surface area contributed by atoms with Crippen molar-refractivity contribution in [3.8, 4) is 0 Å². The predicted octanol–water partition coefficient (Wildman–Crippen LogP) is 25.3. The largest absolute Gasteiger partial charge is 0.462 e. The highest BCUT2D eigenvalue weighted by Crippen LogP contribution is 2.19. The van der Waals surface area contributed by atoms with Gasteiger partial charge in [0.05, 0.1) is 0 Å². The van der Waals surface area contributed by atoms with Crippen LogP contribution in [-0.4, -0.2) is 37.2 Å². The van der Waals surface area contributed by atoms with E-state index in [9.17, 15) is 14.4 Å². The minimum absolute atomic E-state index is 0.0677. The normalized spacial score (nSPS) is 12.1. The third-order valence-electron chi connectivity index (χ3n) is 16.9. The molecule has 0 aliphatic heterocycles. The highest BCUT2D eigenvalue weighted by Gasteiger charge is 2.20. The van der Waals surface area contributed by atoms with Gasteiger partial charge in [0, 0.05) is 19.3 Å². The predicted molar refractivity (Wildman–Crippen MR) is 353 cm³/mol. The Morgan fingerprint density at radius 3 is 0.667 bits per heavy atom. The lowest BCUT2D eigenvalue weighted by Crippen LogP contribution is -2.30. The maximum atomic E-state index is 12.9. The van der Waals surface area contributed by atoms with E-state index in [1.165, 1.54) is 308 Å². The van der Waals surface area contributed by atoms with Crippen molar-refractivity contribution in [3.63, 3.8) is 0 Å². The number of hydrogen-bond donors (Lipinski definition) is 0. The lowest BCUT2D eigenvalue weighted by Gasteiger charge is -2.18. The SMILES string of the molecule is CCC/C=C\CCCCCCCC(=O)OCC(COC(=O)CCCCCCCCCCCCCCCCCCC/C=C\CCCCCCCCCC)OC(=O)CCCCCCCCCCCCCCCCCCCCCCCCCC. The van der Waals surface area contributed by atoms with Crippen molar-refractivity contribution >= 4 is 17.9 Å². The fourth-order valence-corrected chi connectivity index (χ4v) is 11.4. The average molecular weight is 1140 g/mol. The molecule has 0 aromatic carbocycles. The van der Waals surface area contributed by atoms with E-state index in [2.05, 4.69) is 45.1 Å². The first-order chi connectivity index (χ1) is 40.0. The van der Waals surface area contributed by atoms with Crippen molar-refractivity contribution in [1.82, 2.24) is 0 Å². The second-order valence-corrected chi connectivity index (χ2v) is 25.2. The molecule has 0 N–H and O–H groups in total. The minimum Gasteiger partial charge on any atom is -0.462 e. The lowest BCUT2D eigenvalue weighted by molar-refractivity contribution is -0.167. The van der Waals surface area contributed by atoms with Crippen LogP contribution in [0.4, 0.5) is 0 Å². The molecule has 0 aliphatic rings. The van der Waals surface area contributed by atoms with Gasteiger partial charge in [-0.25, -0.2) is 0 Å². The number of ether oxygens (including phenoxy) is 3. The van der Waals surface area contributed by atoms with Crippen LogP contribution in [0.25, 0.3) is 0 Å². The molecule has 0 spiro atoms. The number of unbranched alkanes of at least 4 members (excludes halogenated alkanes) is 54. The summed E-state index contributed by atoms with van der Waals surface area (Å²) in [5.41, 5.74) is 0. The number of hydrogen-bond acceptors (Lipinski definition) is 6. The Kier molecular flexibility index (Phi) is 68.5. The van der Waals surface area contributed by atoms with E-state index in [1.807, 2.05) is 0 Å². The fraction of sp³-hybridized carbons (Fsp3) is 0.907. The molecule has 0 radical (unpaired) electrons. The van der Waals surface area contributed by atoms with Crippen molar-refractivity contribution in [2.45, 2.75) is 425 Å². The molecule has 81 heavy (non-hydrogen) atoms. The van der Waals surface area contributed by atoms with E-state index >= 15 is 0 Å². The number of carbonyl (C=O) groups is 3. The molecule has 6 nitrogen and oxygen atoms in total. The van der Waals surface area contributed by atoms with Gasteiger partial charge in [-0.15, -0.1) is 0 Å². The van der Waals surface area contributed by atoms with Gasteiger partial charge < -0.3 is 14.2 Å². The first kappa shape index (κ1) is 78.9. The summed E-state index contributed by atoms with van der Waals surface area (Å²) in [6.07, 6.45) is 86.7. The fourth-order valence-electron chi connectivity index (χ4n) is 11.4. The van der Waals surface area contributed by atoms with Gasteiger partial charge in [-0.2, -0.15) is 0 Å². The topological polar surface area (TPSA) is 78.9 Å². The van der Waals surface area contributed by atoms with Crippen LogP contribution in [0.15, 0.2) is 24.3 Å². The van der Waals surface area contributed by atoms with Crippen LogP contribution in [-0.2, 0) is 28.6 Å². The van der Waals surface area contributed by atoms with Crippen molar-refractivity contribution in [3.05, 3.63) is 24.3 Å². The number of carbonyl (C=O) groups excluding carboxylic acids is 3. The quantitative estimate of drug-likeness (QED) is 0.0261. The summed E-state index contributed by atoms with van der Waals surface area (Å²) in [5.74, 6) is -0.847. The van der Waals surface area contributed by atoms with Crippen LogP contribution in [0.2, 0.25) is 0 Å². The second-order valence-electron chi connectivity index (χ2n) is 25.2. The van der Waals surface area contributed by atoms with Crippen molar-refractivity contribution in [2.75, 3.05) is 13.2 Å². The minimum atomic E-state index is -0.771. The monoisotopic (exact) mass is 1140 g/mol. The molecule has 0 rings (SSSR count). The van der Waals surface area contributed by atoms with Crippen LogP contribution < -0.4 is 0 Å². The van der Waals surface area contributed by atoms with E-state index in [0.29, 0.717) is 19.3 Å². The van der Waals surface area contributed by atoms with Gasteiger partial charge in [0.2, 0.25) is 0 Å². The van der Waals surface area contributed by atoms with Gasteiger partial charge in [-0.05, 0) is 64.2 Å². The smallest absolute Gasteiger partial charge is 0.306 e. The van der Waals surface area contributed by atoms with Crippen LogP contribution in [0.3, 0.4) is 0 Å². The summed E-state index contributed by atoms with van der Waals surface area (Å²) in [6, 6.07) is 0. The zero-order valence-corrected chi connectivity index (χ0v) is 55.1. The molecule has 478 valence electrons. The van der Waals surface area contributed by atoms with Crippen LogP contribution in [0, 0.1) is 0 Å². The van der Waals surface area contributed by atoms with Crippen molar-refractivity contribution < 1.29 is 28.6 Å². The Morgan fingerprint density at radius 1 is 0.235 bits per heavy atom. The Balaban J connectivity index is 4.09. The molecular weight excluding hydrogens is 997 g/mol. The van der Waals surface area contributed by atoms with Gasteiger partial charge in [0.15, 0.2) is 6.10 Å². The van der Waals surface area contributed by atoms with E-state index in [1.54, 1.807) is 0 Å². The van der Waals surface area contributed by atoms with E-state index in [4.69, 9.17) is 14.2 Å². The van der Waals surface area contributed by atoms with Crippen LogP contribution >= 0.6 is 0 Å². The summed E-state index contributed by atoms with van der Waals surface area (Å²) in [4.78, 5) is 38.4. The molecule has 0 saturated carbocycles. The Morgan fingerprint density at radius 2 is 0.432 bits per heavy atom. The van der Waals surface area contributed by atoms with Gasteiger partial charge in [0.1, 0.15) is 13.2 Å². The molecule has 0 aromatic heterocycles. The molecule has 0 fully saturated rings. The highest BCUT2D eigenvalue weighted by atomic mass is 16.6. The second kappa shape index (κ2) is 70.4. The molecule has 0 aliphatic carbocycles. The first-order valence-electron chi connectivity index (χ1n) is 36.8. The summed E-state index contributed by atoms with van der Waals surface area (Å²) in [6.45, 7) is 6.66. The molecule has 0 bridgehead atoms. The molecular formula is C75H142O6. The van der Waals surface area contributed by atoms with E-state index in [0.717, 1.165) is 70.6 Å². The van der Waals surface area contributed by atoms with E-state index < -0.39 is 6.10 Å². The molecule has 6 heteroatoms. The molecule has 0 aromatic rings. The van der Waals surface area contributed by atoms with Crippen LogP contribution in [0.1, 0.15) is 419 Å². The average Bonchev–Trinajstić information content (AvgIpc) is 3.47. The number of rotatable bonds is 69. The van der Waals surface area contributed by atoms with Gasteiger partial charge in [-0.3, -0.25) is 14.4 Å². The van der Waals surface area contributed by atoms with Gasteiger partial charge >= 0.3 is 17.9 Å².